The number of hydrogen-bond donors (Lipinski definition) is 1. The van der Waals surface area contributed by atoms with E-state index in [1.54, 1.807) is 16.8 Å². The van der Waals surface area contributed by atoms with Crippen molar-refractivity contribution in [3.8, 4) is 6.07 Å². The molecule has 0 unspecified atom stereocenters. The standard InChI is InChI=1S/C18H22N6O3S.H2/c1-28(26,27)23-7-5-14(6-8-23)21-18-20-11-13-9-12(10-19)17(25)24(16(13)22-18)15-3-2-4-15;/h9,11,14-15H,2-8H2,1H3,(H,20,21,22);1H. The summed E-state index contributed by atoms with van der Waals surface area (Å²) in [5, 5.41) is 13.2. The fourth-order valence-corrected chi connectivity index (χ4v) is 4.64. The molecule has 1 saturated heterocycles. The number of anilines is 1. The molecule has 1 aliphatic heterocycles. The predicted molar refractivity (Wildman–Crippen MR) is 107 cm³/mol. The normalized spacial score (nSPS) is 19.3. The summed E-state index contributed by atoms with van der Waals surface area (Å²) >= 11 is 0. The number of sulfonamides is 1. The Morgan fingerprint density at radius 2 is 2.00 bits per heavy atom. The Labute approximate surface area is 164 Å². The molecular formula is C18H24N6O3S. The van der Waals surface area contributed by atoms with Gasteiger partial charge in [-0.3, -0.25) is 9.36 Å². The highest BCUT2D eigenvalue weighted by Crippen LogP contribution is 2.32. The molecule has 0 atom stereocenters. The van der Waals surface area contributed by atoms with Crippen LogP contribution in [0.2, 0.25) is 0 Å². The summed E-state index contributed by atoms with van der Waals surface area (Å²) in [4.78, 5) is 21.6. The quantitative estimate of drug-likeness (QED) is 0.819. The minimum atomic E-state index is -3.16. The second-order valence-electron chi connectivity index (χ2n) is 7.48. The van der Waals surface area contributed by atoms with Crippen LogP contribution in [0.15, 0.2) is 17.1 Å². The first-order valence-corrected chi connectivity index (χ1v) is 11.3. The van der Waals surface area contributed by atoms with Crippen LogP contribution in [0.4, 0.5) is 5.95 Å². The molecule has 0 aromatic carbocycles. The Kier molecular flexibility index (Phi) is 4.81. The van der Waals surface area contributed by atoms with Crippen LogP contribution in [0.1, 0.15) is 45.1 Å². The summed E-state index contributed by atoms with van der Waals surface area (Å²) in [6, 6.07) is 3.65. The van der Waals surface area contributed by atoms with E-state index in [9.17, 15) is 18.5 Å². The van der Waals surface area contributed by atoms with E-state index in [0.717, 1.165) is 19.3 Å². The summed E-state index contributed by atoms with van der Waals surface area (Å²) < 4.78 is 26.4. The highest BCUT2D eigenvalue weighted by atomic mass is 32.2. The number of rotatable bonds is 4. The second kappa shape index (κ2) is 7.14. The zero-order valence-corrected chi connectivity index (χ0v) is 16.4. The molecule has 2 fully saturated rings. The van der Waals surface area contributed by atoms with Gasteiger partial charge in [0.15, 0.2) is 0 Å². The minimum absolute atomic E-state index is 0. The van der Waals surface area contributed by atoms with Gasteiger partial charge in [0, 0.05) is 38.2 Å². The highest BCUT2D eigenvalue weighted by molar-refractivity contribution is 7.88. The summed E-state index contributed by atoms with van der Waals surface area (Å²) in [6.07, 6.45) is 7.05. The first-order chi connectivity index (χ1) is 13.4. The van der Waals surface area contributed by atoms with Crippen molar-refractivity contribution in [3.05, 3.63) is 28.2 Å². The Hall–Kier alpha value is -2.51. The SMILES string of the molecule is CS(=O)(=O)N1CCC(Nc2ncc3cc(C#N)c(=O)n(C4CCC4)c3n2)CC1.[HH]. The van der Waals surface area contributed by atoms with Crippen LogP contribution >= 0.6 is 0 Å². The first kappa shape index (κ1) is 18.8. The van der Waals surface area contributed by atoms with E-state index >= 15 is 0 Å². The average Bonchev–Trinajstić information content (AvgIpc) is 2.62. The third-order valence-electron chi connectivity index (χ3n) is 5.59. The van der Waals surface area contributed by atoms with Gasteiger partial charge in [0.05, 0.1) is 6.26 Å². The van der Waals surface area contributed by atoms with Crippen LogP contribution in [0.25, 0.3) is 11.0 Å². The van der Waals surface area contributed by atoms with Crippen molar-refractivity contribution < 1.29 is 9.84 Å². The van der Waals surface area contributed by atoms with Crippen LogP contribution in [-0.4, -0.2) is 52.6 Å². The van der Waals surface area contributed by atoms with E-state index in [2.05, 4.69) is 15.3 Å². The van der Waals surface area contributed by atoms with E-state index in [-0.39, 0.29) is 24.6 Å². The van der Waals surface area contributed by atoms with Crippen LogP contribution in [-0.2, 0) is 10.0 Å². The van der Waals surface area contributed by atoms with Gasteiger partial charge in [-0.2, -0.15) is 10.2 Å². The zero-order valence-electron chi connectivity index (χ0n) is 15.6. The molecule has 2 aromatic rings. The summed E-state index contributed by atoms with van der Waals surface area (Å²) in [7, 11) is -3.16. The minimum Gasteiger partial charge on any atom is -0.351 e. The smallest absolute Gasteiger partial charge is 0.270 e. The van der Waals surface area contributed by atoms with E-state index in [1.807, 2.05) is 6.07 Å². The lowest BCUT2D eigenvalue weighted by molar-refractivity contribution is 0.313. The van der Waals surface area contributed by atoms with Gasteiger partial charge in [-0.1, -0.05) is 0 Å². The molecule has 1 N–H and O–H groups in total. The Morgan fingerprint density at radius 3 is 2.57 bits per heavy atom. The highest BCUT2D eigenvalue weighted by Gasteiger charge is 2.27. The summed E-state index contributed by atoms with van der Waals surface area (Å²) in [6.45, 7) is 0.921. The molecule has 1 saturated carbocycles. The topological polar surface area (TPSA) is 121 Å². The monoisotopic (exact) mass is 404 g/mol. The molecule has 2 aliphatic rings. The lowest BCUT2D eigenvalue weighted by atomic mass is 9.92. The lowest BCUT2D eigenvalue weighted by Gasteiger charge is -2.31. The maximum Gasteiger partial charge on any atom is 0.270 e. The van der Waals surface area contributed by atoms with Gasteiger partial charge in [-0.25, -0.2) is 17.7 Å². The zero-order chi connectivity index (χ0) is 19.9. The maximum absolute atomic E-state index is 12.7. The lowest BCUT2D eigenvalue weighted by Crippen LogP contribution is -2.42. The fourth-order valence-electron chi connectivity index (χ4n) is 3.77. The number of nitriles is 1. The summed E-state index contributed by atoms with van der Waals surface area (Å²) in [5.41, 5.74) is 0.349. The number of fused-ring (bicyclic) bond motifs is 1. The van der Waals surface area contributed by atoms with Crippen molar-refractivity contribution in [2.75, 3.05) is 24.7 Å². The van der Waals surface area contributed by atoms with E-state index in [0.29, 0.717) is 42.9 Å². The van der Waals surface area contributed by atoms with Crippen LogP contribution in [0, 0.1) is 11.3 Å². The molecule has 0 bridgehead atoms. The van der Waals surface area contributed by atoms with Crippen molar-refractivity contribution in [1.29, 1.82) is 5.26 Å². The van der Waals surface area contributed by atoms with Gasteiger partial charge < -0.3 is 5.32 Å². The van der Waals surface area contributed by atoms with Gasteiger partial charge in [0.2, 0.25) is 16.0 Å². The number of nitrogens with zero attached hydrogens (tertiary/aromatic N) is 5. The first-order valence-electron chi connectivity index (χ1n) is 9.41. The van der Waals surface area contributed by atoms with Crippen molar-refractivity contribution in [2.45, 2.75) is 44.2 Å². The van der Waals surface area contributed by atoms with Gasteiger partial charge >= 0.3 is 0 Å². The molecule has 2 aromatic heterocycles. The Morgan fingerprint density at radius 1 is 1.29 bits per heavy atom. The molecule has 0 spiro atoms. The van der Waals surface area contributed by atoms with E-state index in [1.165, 1.54) is 10.6 Å². The molecule has 9 nitrogen and oxygen atoms in total. The number of aromatic nitrogens is 3. The average molecular weight is 404 g/mol. The number of hydrogen-bond acceptors (Lipinski definition) is 7. The maximum atomic E-state index is 12.7. The van der Waals surface area contributed by atoms with Crippen molar-refractivity contribution in [3.63, 3.8) is 0 Å². The predicted octanol–water partition coefficient (Wildman–Crippen LogP) is 1.47. The number of piperidine rings is 1. The van der Waals surface area contributed by atoms with Crippen LogP contribution < -0.4 is 10.9 Å². The Bertz CT molecular complexity index is 1110. The number of pyridine rings is 1. The van der Waals surface area contributed by atoms with Gasteiger partial charge in [0.1, 0.15) is 17.3 Å². The van der Waals surface area contributed by atoms with Gasteiger partial charge in [-0.05, 0) is 38.2 Å². The van der Waals surface area contributed by atoms with Gasteiger partial charge in [0.25, 0.3) is 5.56 Å². The molecule has 150 valence electrons. The molecule has 0 amide bonds. The third-order valence-corrected chi connectivity index (χ3v) is 6.89. The van der Waals surface area contributed by atoms with Crippen LogP contribution in [0.3, 0.4) is 0 Å². The molecule has 10 heteroatoms. The van der Waals surface area contributed by atoms with E-state index < -0.39 is 10.0 Å². The molecular weight excluding hydrogens is 380 g/mol. The van der Waals surface area contributed by atoms with E-state index in [4.69, 9.17) is 0 Å². The Balaban J connectivity index is 0.00000240. The number of nitrogens with one attached hydrogen (secondary N) is 1. The summed E-state index contributed by atoms with van der Waals surface area (Å²) in [5.74, 6) is 0.419. The third kappa shape index (κ3) is 3.47. The van der Waals surface area contributed by atoms with Gasteiger partial charge in [-0.15, -0.1) is 0 Å². The molecule has 4 rings (SSSR count). The van der Waals surface area contributed by atoms with Crippen molar-refractivity contribution >= 4 is 27.0 Å². The van der Waals surface area contributed by atoms with Crippen molar-refractivity contribution in [2.24, 2.45) is 0 Å². The molecule has 0 radical (unpaired) electrons. The molecule has 1 aliphatic carbocycles. The van der Waals surface area contributed by atoms with Crippen LogP contribution in [0.5, 0.6) is 0 Å². The van der Waals surface area contributed by atoms with Crippen molar-refractivity contribution in [1.82, 2.24) is 18.8 Å². The molecule has 28 heavy (non-hydrogen) atoms. The fraction of sp³-hybridized carbons (Fsp3) is 0.556. The molecule has 3 heterocycles. The second-order valence-corrected chi connectivity index (χ2v) is 9.47. The largest absolute Gasteiger partial charge is 0.351 e.